The first-order valence-corrected chi connectivity index (χ1v) is 10.9. The molecule has 2 aromatic rings. The zero-order valence-electron chi connectivity index (χ0n) is 17.6. The Bertz CT molecular complexity index is 921. The number of rotatable bonds is 6. The second-order valence-electron chi connectivity index (χ2n) is 7.66. The Morgan fingerprint density at radius 2 is 1.65 bits per heavy atom. The zero-order chi connectivity index (χ0) is 22.4. The summed E-state index contributed by atoms with van der Waals surface area (Å²) in [5.74, 6) is 0.250. The van der Waals surface area contributed by atoms with Crippen LogP contribution in [0.25, 0.3) is 0 Å². The minimum atomic E-state index is -0.136. The molecule has 1 aliphatic rings. The molecule has 3 amide bonds. The average molecular weight is 488 g/mol. The molecule has 0 unspecified atom stereocenters. The summed E-state index contributed by atoms with van der Waals surface area (Å²) >= 11 is 3.37. The van der Waals surface area contributed by atoms with Crippen molar-refractivity contribution in [1.29, 1.82) is 0 Å². The summed E-state index contributed by atoms with van der Waals surface area (Å²) < 4.78 is 6.37. The van der Waals surface area contributed by atoms with Gasteiger partial charge < -0.3 is 19.9 Å². The van der Waals surface area contributed by atoms with Gasteiger partial charge in [-0.05, 0) is 61.4 Å². The lowest BCUT2D eigenvalue weighted by Crippen LogP contribution is -2.41. The van der Waals surface area contributed by atoms with E-state index < -0.39 is 0 Å². The minimum Gasteiger partial charge on any atom is -0.484 e. The lowest BCUT2D eigenvalue weighted by atomic mass is 9.95. The number of hydrogen-bond acceptors (Lipinski definition) is 4. The quantitative estimate of drug-likeness (QED) is 0.676. The molecular formula is C23H26BrN3O4. The van der Waals surface area contributed by atoms with Gasteiger partial charge in [-0.3, -0.25) is 14.4 Å². The fourth-order valence-electron chi connectivity index (χ4n) is 3.27. The van der Waals surface area contributed by atoms with Gasteiger partial charge in [-0.25, -0.2) is 0 Å². The minimum absolute atomic E-state index is 0.00491. The maximum atomic E-state index is 12.6. The Hall–Kier alpha value is -2.87. The molecule has 0 aliphatic carbocycles. The van der Waals surface area contributed by atoms with E-state index >= 15 is 0 Å². The van der Waals surface area contributed by atoms with Gasteiger partial charge in [0.05, 0.1) is 0 Å². The Labute approximate surface area is 190 Å². The highest BCUT2D eigenvalue weighted by Crippen LogP contribution is 2.22. The van der Waals surface area contributed by atoms with Crippen LogP contribution in [0.15, 0.2) is 53.0 Å². The van der Waals surface area contributed by atoms with Gasteiger partial charge in [-0.2, -0.15) is 0 Å². The highest BCUT2D eigenvalue weighted by molar-refractivity contribution is 9.10. The normalized spacial score (nSPS) is 14.1. The van der Waals surface area contributed by atoms with Crippen molar-refractivity contribution in [1.82, 2.24) is 9.80 Å². The second-order valence-corrected chi connectivity index (χ2v) is 8.58. The van der Waals surface area contributed by atoms with Crippen LogP contribution in [0.5, 0.6) is 5.75 Å². The van der Waals surface area contributed by atoms with Crippen molar-refractivity contribution >= 4 is 39.3 Å². The smallest absolute Gasteiger partial charge is 0.259 e. The average Bonchev–Trinajstić information content (AvgIpc) is 2.78. The summed E-state index contributed by atoms with van der Waals surface area (Å²) in [6.07, 6.45) is 1.25. The number of amides is 3. The van der Waals surface area contributed by atoms with Crippen LogP contribution >= 0.6 is 15.9 Å². The van der Waals surface area contributed by atoms with E-state index in [2.05, 4.69) is 21.2 Å². The number of piperidine rings is 1. The van der Waals surface area contributed by atoms with Crippen LogP contribution < -0.4 is 10.1 Å². The molecule has 2 aromatic carbocycles. The van der Waals surface area contributed by atoms with Crippen molar-refractivity contribution in [2.75, 3.05) is 39.1 Å². The van der Waals surface area contributed by atoms with E-state index in [-0.39, 0.29) is 30.2 Å². The Morgan fingerprint density at radius 3 is 2.23 bits per heavy atom. The molecule has 0 spiro atoms. The molecule has 0 radical (unpaired) electrons. The fourth-order valence-corrected chi connectivity index (χ4v) is 3.54. The third-order valence-electron chi connectivity index (χ3n) is 5.23. The van der Waals surface area contributed by atoms with Crippen LogP contribution in [0.4, 0.5) is 5.69 Å². The van der Waals surface area contributed by atoms with E-state index in [1.165, 1.54) is 4.90 Å². The lowest BCUT2D eigenvalue weighted by Gasteiger charge is -2.31. The first-order valence-electron chi connectivity index (χ1n) is 10.1. The molecule has 7 nitrogen and oxygen atoms in total. The maximum Gasteiger partial charge on any atom is 0.259 e. The number of hydrogen-bond donors (Lipinski definition) is 1. The second kappa shape index (κ2) is 10.4. The van der Waals surface area contributed by atoms with E-state index in [1.807, 2.05) is 12.1 Å². The third-order valence-corrected chi connectivity index (χ3v) is 5.76. The Balaban J connectivity index is 1.47. The predicted octanol–water partition coefficient (Wildman–Crippen LogP) is 3.41. The number of ether oxygens (including phenoxy) is 1. The van der Waals surface area contributed by atoms with E-state index in [9.17, 15) is 14.4 Å². The lowest BCUT2D eigenvalue weighted by molar-refractivity contribution is -0.130. The van der Waals surface area contributed by atoms with Crippen LogP contribution in [0.2, 0.25) is 0 Å². The largest absolute Gasteiger partial charge is 0.484 e. The number of likely N-dealkylation sites (tertiary alicyclic amines) is 1. The van der Waals surface area contributed by atoms with Crippen LogP contribution in [0, 0.1) is 5.92 Å². The molecule has 0 saturated carbocycles. The molecule has 1 fully saturated rings. The standard InChI is InChI=1S/C23H26BrN3O4/c1-26(2)21(28)15-31-20-9-7-19(8-10-20)25-22(29)16-11-13-27(14-12-16)23(30)17-3-5-18(24)6-4-17/h3-10,16H,11-15H2,1-2H3,(H,25,29). The molecule has 1 N–H and O–H groups in total. The summed E-state index contributed by atoms with van der Waals surface area (Å²) in [7, 11) is 3.34. The first kappa shape index (κ1) is 22.8. The van der Waals surface area contributed by atoms with Crippen molar-refractivity contribution < 1.29 is 19.1 Å². The van der Waals surface area contributed by atoms with Crippen molar-refractivity contribution in [3.63, 3.8) is 0 Å². The summed E-state index contributed by atoms with van der Waals surface area (Å²) in [5, 5.41) is 2.93. The summed E-state index contributed by atoms with van der Waals surface area (Å²) in [6, 6.07) is 14.2. The molecular weight excluding hydrogens is 462 g/mol. The van der Waals surface area contributed by atoms with Crippen LogP contribution in [-0.4, -0.2) is 61.3 Å². The van der Waals surface area contributed by atoms with E-state index in [0.29, 0.717) is 42.9 Å². The zero-order valence-corrected chi connectivity index (χ0v) is 19.2. The molecule has 1 aliphatic heterocycles. The number of anilines is 1. The van der Waals surface area contributed by atoms with Crippen LogP contribution in [-0.2, 0) is 9.59 Å². The van der Waals surface area contributed by atoms with Crippen molar-refractivity contribution in [2.24, 2.45) is 5.92 Å². The number of nitrogens with one attached hydrogen (secondary N) is 1. The number of nitrogens with zero attached hydrogens (tertiary/aromatic N) is 2. The van der Waals surface area contributed by atoms with E-state index in [1.54, 1.807) is 55.4 Å². The van der Waals surface area contributed by atoms with Gasteiger partial charge in [0.1, 0.15) is 5.75 Å². The molecule has 164 valence electrons. The number of benzene rings is 2. The van der Waals surface area contributed by atoms with Crippen molar-refractivity contribution in [3.8, 4) is 5.75 Å². The highest BCUT2D eigenvalue weighted by atomic mass is 79.9. The van der Waals surface area contributed by atoms with Crippen LogP contribution in [0.3, 0.4) is 0 Å². The van der Waals surface area contributed by atoms with Gasteiger partial charge in [-0.15, -0.1) is 0 Å². The summed E-state index contributed by atoms with van der Waals surface area (Å²) in [4.78, 5) is 40.1. The Morgan fingerprint density at radius 1 is 1.03 bits per heavy atom. The van der Waals surface area contributed by atoms with Crippen LogP contribution in [0.1, 0.15) is 23.2 Å². The molecule has 0 bridgehead atoms. The monoisotopic (exact) mass is 487 g/mol. The molecule has 1 saturated heterocycles. The van der Waals surface area contributed by atoms with Gasteiger partial charge in [0, 0.05) is 48.8 Å². The van der Waals surface area contributed by atoms with Gasteiger partial charge >= 0.3 is 0 Å². The van der Waals surface area contributed by atoms with E-state index in [0.717, 1.165) is 4.47 Å². The molecule has 0 aromatic heterocycles. The van der Waals surface area contributed by atoms with Gasteiger partial charge in [-0.1, -0.05) is 15.9 Å². The summed E-state index contributed by atoms with van der Waals surface area (Å²) in [6.45, 7) is 1.08. The molecule has 0 atom stereocenters. The fraction of sp³-hybridized carbons (Fsp3) is 0.348. The van der Waals surface area contributed by atoms with Gasteiger partial charge in [0.2, 0.25) is 5.91 Å². The van der Waals surface area contributed by atoms with E-state index in [4.69, 9.17) is 4.74 Å². The molecule has 8 heteroatoms. The highest BCUT2D eigenvalue weighted by Gasteiger charge is 2.27. The number of carbonyl (C=O) groups excluding carboxylic acids is 3. The number of halogens is 1. The molecule has 1 heterocycles. The van der Waals surface area contributed by atoms with Crippen molar-refractivity contribution in [2.45, 2.75) is 12.8 Å². The molecule has 31 heavy (non-hydrogen) atoms. The SMILES string of the molecule is CN(C)C(=O)COc1ccc(NC(=O)C2CCN(C(=O)c3ccc(Br)cc3)CC2)cc1. The predicted molar refractivity (Wildman–Crippen MR) is 122 cm³/mol. The van der Waals surface area contributed by atoms with Gasteiger partial charge in [0.25, 0.3) is 11.8 Å². The first-order chi connectivity index (χ1) is 14.8. The van der Waals surface area contributed by atoms with Gasteiger partial charge in [0.15, 0.2) is 6.61 Å². The topological polar surface area (TPSA) is 79.0 Å². The maximum absolute atomic E-state index is 12.6. The Kier molecular flexibility index (Phi) is 7.68. The number of likely N-dealkylation sites (N-methyl/N-ethyl adjacent to an activating group) is 1. The summed E-state index contributed by atoms with van der Waals surface area (Å²) in [5.41, 5.74) is 1.32. The number of carbonyl (C=O) groups is 3. The van der Waals surface area contributed by atoms with Crippen molar-refractivity contribution in [3.05, 3.63) is 58.6 Å². The molecule has 3 rings (SSSR count). The third kappa shape index (κ3) is 6.30.